The van der Waals surface area contributed by atoms with Gasteiger partial charge in [0.15, 0.2) is 0 Å². The van der Waals surface area contributed by atoms with Crippen LogP contribution in [0.2, 0.25) is 0 Å². The third kappa shape index (κ3) is 6.32. The summed E-state index contributed by atoms with van der Waals surface area (Å²) in [7, 11) is 0. The van der Waals surface area contributed by atoms with Gasteiger partial charge in [0.2, 0.25) is 0 Å². The fourth-order valence-electron chi connectivity index (χ4n) is 3.86. The van der Waals surface area contributed by atoms with Gasteiger partial charge in [0.1, 0.15) is 0 Å². The molecule has 175 valence electrons. The minimum absolute atomic E-state index is 0.0706. The zero-order valence-corrected chi connectivity index (χ0v) is 21.0. The number of carbonyl (C=O) groups excluding carboxylic acids is 1. The van der Waals surface area contributed by atoms with Gasteiger partial charge in [0.25, 0.3) is 0 Å². The quantitative estimate of drug-likeness (QED) is 0.372. The number of rotatable bonds is 7. The first-order valence-corrected chi connectivity index (χ1v) is 13.4. The van der Waals surface area contributed by atoms with Crippen molar-refractivity contribution in [3.05, 3.63) is 90.9 Å². The van der Waals surface area contributed by atoms with E-state index >= 15 is 0 Å². The predicted molar refractivity (Wildman–Crippen MR) is 139 cm³/mol. The summed E-state index contributed by atoms with van der Waals surface area (Å²) in [5, 5.41) is 2.94. The summed E-state index contributed by atoms with van der Waals surface area (Å²) in [4.78, 5) is 28.0. The van der Waals surface area contributed by atoms with Gasteiger partial charge < -0.3 is 0 Å². The molecular formula is C27H25AsN5O2. The van der Waals surface area contributed by atoms with Crippen molar-refractivity contribution < 1.29 is 9.53 Å². The number of hydrogen-bond acceptors (Lipinski definition) is 6. The molecule has 1 amide bonds. The Labute approximate surface area is 211 Å². The molecular weight excluding hydrogens is 501 g/mol. The van der Waals surface area contributed by atoms with E-state index in [2.05, 4.69) is 44.5 Å². The van der Waals surface area contributed by atoms with Crippen molar-refractivity contribution in [1.29, 1.82) is 0 Å². The molecule has 3 heterocycles. The van der Waals surface area contributed by atoms with Crippen LogP contribution in [0.3, 0.4) is 0 Å². The Balaban J connectivity index is 1.21. The molecule has 1 saturated heterocycles. The van der Waals surface area contributed by atoms with Crippen LogP contribution in [0.25, 0.3) is 11.3 Å². The first-order chi connectivity index (χ1) is 17.2. The zero-order valence-electron chi connectivity index (χ0n) is 19.2. The van der Waals surface area contributed by atoms with E-state index in [1.807, 2.05) is 48.7 Å². The molecule has 35 heavy (non-hydrogen) atoms. The second-order valence-electron chi connectivity index (χ2n) is 8.13. The van der Waals surface area contributed by atoms with Crippen LogP contribution in [0.1, 0.15) is 5.56 Å². The predicted octanol–water partition coefficient (Wildman–Crippen LogP) is 2.21. The van der Waals surface area contributed by atoms with Crippen molar-refractivity contribution >= 4 is 42.0 Å². The third-order valence-electron chi connectivity index (χ3n) is 5.65. The van der Waals surface area contributed by atoms with E-state index in [-0.39, 0.29) is 21.7 Å². The van der Waals surface area contributed by atoms with Gasteiger partial charge >= 0.3 is 194 Å². The number of ether oxygens (including phenoxy) is 1. The molecule has 0 bridgehead atoms. The maximum absolute atomic E-state index is 12.3. The van der Waals surface area contributed by atoms with Crippen LogP contribution in [0, 0.1) is 0 Å². The summed E-state index contributed by atoms with van der Waals surface area (Å²) >= 11 is -0.313. The molecule has 1 fully saturated rings. The number of hydrogen-bond donors (Lipinski definition) is 1. The van der Waals surface area contributed by atoms with E-state index in [0.29, 0.717) is 6.42 Å². The molecule has 0 unspecified atom stereocenters. The maximum atomic E-state index is 12.3. The van der Waals surface area contributed by atoms with Crippen LogP contribution in [0.5, 0.6) is 0 Å². The normalized spacial score (nSPS) is 13.8. The summed E-state index contributed by atoms with van der Waals surface area (Å²) in [6.45, 7) is 3.44. The number of carbonyl (C=O) groups is 1. The van der Waals surface area contributed by atoms with Gasteiger partial charge in [-0.25, -0.2) is 0 Å². The molecule has 0 spiro atoms. The fourth-order valence-corrected chi connectivity index (χ4v) is 5.56. The summed E-state index contributed by atoms with van der Waals surface area (Å²) < 4.78 is 7.58. The van der Waals surface area contributed by atoms with Crippen molar-refractivity contribution in [3.63, 3.8) is 0 Å². The standard InChI is InChI=1S/C27H25AsN5O2/c34-26(18-20-2-1-12-29-19-20)31-23-7-3-21(4-8-23)25-11-13-30-27(32-25)28-22-5-9-24(10-6-22)33-14-16-35-17-15-33/h1-13,19H,14-18H2,(H,31,34). The van der Waals surface area contributed by atoms with Crippen LogP contribution in [-0.4, -0.2) is 62.9 Å². The summed E-state index contributed by atoms with van der Waals surface area (Å²) in [5.74, 6) is -0.0706. The van der Waals surface area contributed by atoms with Crippen LogP contribution in [0.4, 0.5) is 11.4 Å². The molecule has 0 atom stereocenters. The van der Waals surface area contributed by atoms with Gasteiger partial charge in [-0.15, -0.1) is 0 Å². The molecule has 8 heteroatoms. The molecule has 1 N–H and O–H groups in total. The molecule has 2 aromatic heterocycles. The van der Waals surface area contributed by atoms with E-state index in [1.54, 1.807) is 12.4 Å². The monoisotopic (exact) mass is 526 g/mol. The first-order valence-electron chi connectivity index (χ1n) is 11.5. The molecule has 1 aliphatic rings. The number of morpholine rings is 1. The molecule has 0 aliphatic carbocycles. The van der Waals surface area contributed by atoms with E-state index in [0.717, 1.165) is 53.4 Å². The molecule has 4 aromatic rings. The molecule has 5 rings (SSSR count). The number of anilines is 2. The fraction of sp³-hybridized carbons (Fsp3) is 0.185. The first kappa shape index (κ1) is 23.2. The Bertz CT molecular complexity index is 1260. The van der Waals surface area contributed by atoms with Crippen molar-refractivity contribution in [2.45, 2.75) is 6.42 Å². The van der Waals surface area contributed by atoms with Crippen LogP contribution < -0.4 is 19.2 Å². The van der Waals surface area contributed by atoms with Crippen LogP contribution in [-0.2, 0) is 16.0 Å². The third-order valence-corrected chi connectivity index (χ3v) is 7.69. The van der Waals surface area contributed by atoms with Crippen LogP contribution in [0.15, 0.2) is 85.3 Å². The topological polar surface area (TPSA) is 80.2 Å². The van der Waals surface area contributed by atoms with Crippen LogP contribution >= 0.6 is 0 Å². The summed E-state index contributed by atoms with van der Waals surface area (Å²) in [5.41, 5.74) is 4.74. The Morgan fingerprint density at radius 1 is 0.971 bits per heavy atom. The molecule has 1 radical (unpaired) electrons. The molecule has 2 aromatic carbocycles. The second kappa shape index (κ2) is 11.3. The Hall–Kier alpha value is -3.54. The van der Waals surface area contributed by atoms with Crippen molar-refractivity contribution in [1.82, 2.24) is 15.0 Å². The average molecular weight is 526 g/mol. The number of nitrogens with one attached hydrogen (secondary N) is 1. The van der Waals surface area contributed by atoms with Crippen molar-refractivity contribution in [2.75, 3.05) is 36.5 Å². The zero-order chi connectivity index (χ0) is 23.9. The van der Waals surface area contributed by atoms with Gasteiger partial charge in [0.05, 0.1) is 0 Å². The van der Waals surface area contributed by atoms with Gasteiger partial charge in [-0.2, -0.15) is 0 Å². The number of nitrogens with zero attached hydrogens (tertiary/aromatic N) is 4. The molecule has 0 saturated carbocycles. The van der Waals surface area contributed by atoms with E-state index in [1.165, 1.54) is 10.0 Å². The van der Waals surface area contributed by atoms with Gasteiger partial charge in [-0.1, -0.05) is 0 Å². The Morgan fingerprint density at radius 2 is 1.77 bits per heavy atom. The number of amides is 1. The summed E-state index contributed by atoms with van der Waals surface area (Å²) in [6.07, 6.45) is 5.51. The number of benzene rings is 2. The Kier molecular flexibility index (Phi) is 7.47. The van der Waals surface area contributed by atoms with E-state index in [4.69, 9.17) is 9.72 Å². The minimum atomic E-state index is -0.313. The van der Waals surface area contributed by atoms with Gasteiger partial charge in [-0.05, 0) is 6.07 Å². The number of aromatic nitrogens is 3. The summed E-state index contributed by atoms with van der Waals surface area (Å²) in [6, 6.07) is 22.1. The second-order valence-corrected chi connectivity index (χ2v) is 10.5. The Morgan fingerprint density at radius 3 is 2.51 bits per heavy atom. The van der Waals surface area contributed by atoms with Crippen molar-refractivity contribution in [2.24, 2.45) is 0 Å². The average Bonchev–Trinajstić information content (AvgIpc) is 2.91. The number of pyridine rings is 1. The molecule has 7 nitrogen and oxygen atoms in total. The molecule has 1 aliphatic heterocycles. The SMILES string of the molecule is O=C(Cc1cccnc1)Nc1ccc(-c2ccnc([As]c3ccc(N4CCOCC4)cc3)n2)cc1. The van der Waals surface area contributed by atoms with Crippen molar-refractivity contribution in [3.8, 4) is 11.3 Å². The van der Waals surface area contributed by atoms with E-state index < -0.39 is 0 Å². The van der Waals surface area contributed by atoms with E-state index in [9.17, 15) is 4.79 Å². The van der Waals surface area contributed by atoms with Gasteiger partial charge in [0, 0.05) is 6.20 Å². The van der Waals surface area contributed by atoms with Gasteiger partial charge in [-0.3, -0.25) is 4.98 Å².